The Bertz CT molecular complexity index is 1600. The minimum atomic E-state index is -6.49. The van der Waals surface area contributed by atoms with E-state index in [9.17, 15) is 58.4 Å². The second-order valence-corrected chi connectivity index (χ2v) is 9.69. The van der Waals surface area contributed by atoms with Gasteiger partial charge in [0, 0.05) is 18.8 Å². The normalized spacial score (nSPS) is 16.0. The summed E-state index contributed by atoms with van der Waals surface area (Å²) in [5, 5.41) is 18.1. The van der Waals surface area contributed by atoms with Gasteiger partial charge in [-0.1, -0.05) is 17.7 Å². The van der Waals surface area contributed by atoms with Crippen molar-refractivity contribution >= 4 is 17.5 Å². The molecule has 232 valence electrons. The zero-order valence-corrected chi connectivity index (χ0v) is 21.7. The summed E-state index contributed by atoms with van der Waals surface area (Å²) in [6, 6.07) is 5.64. The Balaban J connectivity index is 1.80. The average molecular weight is 651 g/mol. The summed E-state index contributed by atoms with van der Waals surface area (Å²) in [6.07, 6.45) is -21.4. The topological polar surface area (TPSA) is 97.8 Å². The number of aromatic nitrogens is 4. The number of alkyl halides is 11. The maximum absolute atomic E-state index is 14.3. The first kappa shape index (κ1) is 31.8. The Morgan fingerprint density at radius 1 is 1.12 bits per heavy atom. The number of benzene rings is 1. The van der Waals surface area contributed by atoms with Crippen LogP contribution in [0.5, 0.6) is 5.75 Å². The third kappa shape index (κ3) is 5.92. The molecule has 0 saturated heterocycles. The molecule has 4 rings (SSSR count). The molecule has 3 aromatic rings. The van der Waals surface area contributed by atoms with Crippen molar-refractivity contribution in [3.8, 4) is 28.8 Å². The molecule has 43 heavy (non-hydrogen) atoms. The van der Waals surface area contributed by atoms with Crippen molar-refractivity contribution < 1.29 is 57.8 Å². The Morgan fingerprint density at radius 2 is 1.74 bits per heavy atom. The fourth-order valence-electron chi connectivity index (χ4n) is 3.70. The Kier molecular flexibility index (Phi) is 7.61. The molecule has 0 radical (unpaired) electrons. The molecule has 1 unspecified atom stereocenters. The smallest absolute Gasteiger partial charge is 0.424 e. The monoisotopic (exact) mass is 650 g/mol. The molecular formula is C23H14ClF11N6O2. The molecule has 1 aliphatic rings. The number of rotatable bonds is 8. The number of ether oxygens (including phenoxy) is 1. The number of hydrogen-bond donors (Lipinski definition) is 1. The minimum absolute atomic E-state index is 0.0474. The zero-order chi connectivity index (χ0) is 32.3. The largest absolute Gasteiger partial charge is 0.459 e. The summed E-state index contributed by atoms with van der Waals surface area (Å²) in [5.74, 6) is -10.3. The van der Waals surface area contributed by atoms with Gasteiger partial charge in [-0.3, -0.25) is 4.79 Å². The average Bonchev–Trinajstić information content (AvgIpc) is 3.35. The number of carbonyl (C=O) groups excluding carboxylic acids is 1. The van der Waals surface area contributed by atoms with Gasteiger partial charge < -0.3 is 10.1 Å². The van der Waals surface area contributed by atoms with Gasteiger partial charge in [0.15, 0.2) is 11.5 Å². The van der Waals surface area contributed by atoms with E-state index in [-0.39, 0.29) is 26.4 Å². The van der Waals surface area contributed by atoms with Gasteiger partial charge in [0.05, 0.1) is 22.9 Å². The van der Waals surface area contributed by atoms with E-state index in [0.29, 0.717) is 24.6 Å². The lowest BCUT2D eigenvalue weighted by atomic mass is 10.1. The highest BCUT2D eigenvalue weighted by atomic mass is 35.5. The Morgan fingerprint density at radius 3 is 2.28 bits per heavy atom. The van der Waals surface area contributed by atoms with Crippen molar-refractivity contribution in [1.82, 2.24) is 24.9 Å². The van der Waals surface area contributed by atoms with Gasteiger partial charge >= 0.3 is 24.4 Å². The molecule has 2 heterocycles. The van der Waals surface area contributed by atoms with Crippen LogP contribution >= 0.6 is 11.6 Å². The summed E-state index contributed by atoms with van der Waals surface area (Å²) in [7, 11) is 0.655. The third-order valence-electron chi connectivity index (χ3n) is 6.11. The van der Waals surface area contributed by atoms with E-state index in [1.165, 1.54) is 18.2 Å². The van der Waals surface area contributed by atoms with Crippen LogP contribution in [0.25, 0.3) is 16.9 Å². The molecular weight excluding hydrogens is 637 g/mol. The number of aryl methyl sites for hydroxylation is 1. The number of nitriles is 1. The number of hydrogen-bond acceptors (Lipinski definition) is 5. The molecule has 0 bridgehead atoms. The zero-order valence-electron chi connectivity index (χ0n) is 21.0. The van der Waals surface area contributed by atoms with E-state index in [2.05, 4.69) is 20.3 Å². The molecule has 1 amide bonds. The van der Waals surface area contributed by atoms with Crippen LogP contribution in [0.4, 0.5) is 48.3 Å². The highest BCUT2D eigenvalue weighted by Crippen LogP contribution is 2.50. The summed E-state index contributed by atoms with van der Waals surface area (Å²) >= 11 is 6.08. The molecule has 1 N–H and O–H groups in total. The van der Waals surface area contributed by atoms with Crippen LogP contribution < -0.4 is 10.1 Å². The first-order valence-electron chi connectivity index (χ1n) is 11.5. The van der Waals surface area contributed by atoms with Gasteiger partial charge in [0.25, 0.3) is 12.1 Å². The van der Waals surface area contributed by atoms with Crippen molar-refractivity contribution in [1.29, 1.82) is 5.26 Å². The quantitative estimate of drug-likeness (QED) is 0.291. The number of nitrogens with one attached hydrogen (secondary N) is 1. The highest BCUT2D eigenvalue weighted by molar-refractivity contribution is 6.34. The summed E-state index contributed by atoms with van der Waals surface area (Å²) in [4.78, 5) is 12.7. The van der Waals surface area contributed by atoms with Crippen molar-refractivity contribution in [3.05, 3.63) is 46.9 Å². The molecule has 20 heteroatoms. The van der Waals surface area contributed by atoms with Crippen LogP contribution in [-0.4, -0.2) is 55.6 Å². The lowest BCUT2D eigenvalue weighted by molar-refractivity contribution is -0.309. The predicted molar refractivity (Wildman–Crippen MR) is 122 cm³/mol. The Labute approximate surface area is 237 Å². The first-order valence-corrected chi connectivity index (χ1v) is 11.9. The molecule has 0 spiro atoms. The van der Waals surface area contributed by atoms with Crippen LogP contribution in [0.3, 0.4) is 0 Å². The predicted octanol–water partition coefficient (Wildman–Crippen LogP) is 6.24. The van der Waals surface area contributed by atoms with Crippen molar-refractivity contribution in [3.63, 3.8) is 0 Å². The van der Waals surface area contributed by atoms with Gasteiger partial charge in [-0.15, -0.1) is 0 Å². The summed E-state index contributed by atoms with van der Waals surface area (Å²) in [5.41, 5.74) is -3.78. The number of halogens is 12. The van der Waals surface area contributed by atoms with Crippen LogP contribution in [0.1, 0.15) is 28.9 Å². The molecule has 1 atom stereocenters. The van der Waals surface area contributed by atoms with Gasteiger partial charge in [0.2, 0.25) is 5.75 Å². The van der Waals surface area contributed by atoms with Crippen LogP contribution in [0.15, 0.2) is 30.6 Å². The van der Waals surface area contributed by atoms with Crippen molar-refractivity contribution in [2.75, 3.05) is 0 Å². The van der Waals surface area contributed by atoms with Crippen LogP contribution in [0.2, 0.25) is 5.02 Å². The number of carbonyl (C=O) groups is 1. The van der Waals surface area contributed by atoms with Gasteiger partial charge in [0.1, 0.15) is 5.54 Å². The van der Waals surface area contributed by atoms with Crippen molar-refractivity contribution in [2.45, 2.75) is 48.9 Å². The lowest BCUT2D eigenvalue weighted by Gasteiger charge is -2.25. The maximum Gasteiger partial charge on any atom is 0.459 e. The van der Waals surface area contributed by atoms with E-state index in [1.54, 1.807) is 0 Å². The SMILES string of the molecule is Cn1nc(C(F)(F)C(F)(F)F)c(OC(F)(F)C(F)C(F)(F)F)c1-n1cc(-c2ccc(Cl)c(C(=O)NC3(C#N)CC3)c2)cn1. The molecule has 1 fully saturated rings. The third-order valence-corrected chi connectivity index (χ3v) is 6.44. The Hall–Kier alpha value is -4.08. The van der Waals surface area contributed by atoms with Gasteiger partial charge in [-0.2, -0.15) is 59.4 Å². The highest BCUT2D eigenvalue weighted by Gasteiger charge is 2.65. The molecule has 1 saturated carbocycles. The van der Waals surface area contributed by atoms with E-state index < -0.39 is 59.3 Å². The molecule has 1 aliphatic carbocycles. The second kappa shape index (κ2) is 10.3. The summed E-state index contributed by atoms with van der Waals surface area (Å²) in [6.45, 7) is 0. The minimum Gasteiger partial charge on any atom is -0.424 e. The van der Waals surface area contributed by atoms with E-state index in [0.717, 1.165) is 12.4 Å². The molecule has 1 aromatic carbocycles. The molecule has 0 aliphatic heterocycles. The summed E-state index contributed by atoms with van der Waals surface area (Å²) < 4.78 is 152. The van der Waals surface area contributed by atoms with Gasteiger partial charge in [-0.25, -0.2) is 13.8 Å². The maximum atomic E-state index is 14.3. The molecule has 2 aromatic heterocycles. The molecule has 8 nitrogen and oxygen atoms in total. The van der Waals surface area contributed by atoms with E-state index >= 15 is 0 Å². The standard InChI is InChI=1S/C23H14ClF11N6O2/c1-40-17(14(15(39-40)20(26,27)23(33,34)35)43-22(31,32)18(25)21(28,29)30)41-8-11(7-37-41)10-2-3-13(24)12(6-10)16(42)38-19(9-36)4-5-19/h2-3,6-8,18H,4-5H2,1H3,(H,38,42). The number of nitrogens with zero attached hydrogens (tertiary/aromatic N) is 5. The fourth-order valence-corrected chi connectivity index (χ4v) is 3.90. The van der Waals surface area contributed by atoms with Gasteiger partial charge in [-0.05, 0) is 30.5 Å². The number of amides is 1. The second-order valence-electron chi connectivity index (χ2n) is 9.28. The van der Waals surface area contributed by atoms with Crippen molar-refractivity contribution in [2.24, 2.45) is 7.05 Å². The lowest BCUT2D eigenvalue weighted by Crippen LogP contribution is -2.46. The van der Waals surface area contributed by atoms with E-state index in [1.807, 2.05) is 6.07 Å². The van der Waals surface area contributed by atoms with Crippen LogP contribution in [0, 0.1) is 11.3 Å². The first-order chi connectivity index (χ1) is 19.6. The van der Waals surface area contributed by atoms with E-state index in [4.69, 9.17) is 11.6 Å². The van der Waals surface area contributed by atoms with Crippen LogP contribution in [-0.2, 0) is 13.0 Å². The fraction of sp³-hybridized carbons (Fsp3) is 0.391.